The molecular formula is C16H24IN5O. The first-order valence-electron chi connectivity index (χ1n) is 7.30. The smallest absolute Gasteiger partial charge is 0.188 e. The molecule has 0 aliphatic rings. The van der Waals surface area contributed by atoms with Crippen LogP contribution in [0, 0.1) is 0 Å². The number of aliphatic imine (C=N–C) groups is 1. The zero-order valence-corrected chi connectivity index (χ0v) is 15.8. The van der Waals surface area contributed by atoms with Crippen molar-refractivity contribution in [1.29, 1.82) is 0 Å². The Hall–Kier alpha value is -1.61. The average molecular weight is 429 g/mol. The Labute approximate surface area is 154 Å². The van der Waals surface area contributed by atoms with Gasteiger partial charge in [-0.05, 0) is 38.4 Å². The standard InChI is InChI=1S/C16H23N5O.HI/c1-21(2)14(15-7-5-11-22-15)12-20-16(17)19-10-8-13-6-3-4-9-18-13;/h3-7,9,11,14H,8,10,12H2,1-2H3,(H3,17,19,20);1H. The third-order valence-corrected chi connectivity index (χ3v) is 3.34. The fraction of sp³-hybridized carbons (Fsp3) is 0.375. The lowest BCUT2D eigenvalue weighted by Gasteiger charge is -2.20. The number of hydrogen-bond acceptors (Lipinski definition) is 4. The van der Waals surface area contributed by atoms with E-state index in [9.17, 15) is 0 Å². The van der Waals surface area contributed by atoms with Crippen molar-refractivity contribution in [3.63, 3.8) is 0 Å². The highest BCUT2D eigenvalue weighted by Crippen LogP contribution is 2.18. The largest absolute Gasteiger partial charge is 0.468 e. The maximum Gasteiger partial charge on any atom is 0.188 e. The van der Waals surface area contributed by atoms with Crippen molar-refractivity contribution < 1.29 is 4.42 Å². The molecule has 0 fully saturated rings. The molecule has 1 unspecified atom stereocenters. The molecule has 3 N–H and O–H groups in total. The van der Waals surface area contributed by atoms with E-state index in [0.717, 1.165) is 17.9 Å². The van der Waals surface area contributed by atoms with E-state index in [1.54, 1.807) is 12.5 Å². The summed E-state index contributed by atoms with van der Waals surface area (Å²) >= 11 is 0. The van der Waals surface area contributed by atoms with Crippen LogP contribution in [0.25, 0.3) is 0 Å². The Bertz CT molecular complexity index is 571. The maximum atomic E-state index is 5.91. The highest BCUT2D eigenvalue weighted by atomic mass is 127. The summed E-state index contributed by atoms with van der Waals surface area (Å²) in [5.74, 6) is 1.32. The molecule has 2 aromatic heterocycles. The van der Waals surface area contributed by atoms with E-state index in [0.29, 0.717) is 19.0 Å². The summed E-state index contributed by atoms with van der Waals surface area (Å²) in [7, 11) is 3.99. The number of aromatic nitrogens is 1. The minimum atomic E-state index is 0. The van der Waals surface area contributed by atoms with Crippen LogP contribution in [0.5, 0.6) is 0 Å². The summed E-state index contributed by atoms with van der Waals surface area (Å²) in [5, 5.41) is 3.11. The molecule has 0 aromatic carbocycles. The molecule has 7 heteroatoms. The van der Waals surface area contributed by atoms with Crippen molar-refractivity contribution >= 4 is 29.9 Å². The molecule has 2 rings (SSSR count). The van der Waals surface area contributed by atoms with Crippen LogP contribution in [-0.4, -0.2) is 43.0 Å². The number of likely N-dealkylation sites (N-methyl/N-ethyl adjacent to an activating group) is 1. The molecule has 126 valence electrons. The first-order chi connectivity index (χ1) is 10.7. The van der Waals surface area contributed by atoms with Gasteiger partial charge in [-0.1, -0.05) is 6.07 Å². The molecule has 23 heavy (non-hydrogen) atoms. The van der Waals surface area contributed by atoms with Crippen molar-refractivity contribution in [2.75, 3.05) is 27.2 Å². The highest BCUT2D eigenvalue weighted by molar-refractivity contribution is 14.0. The van der Waals surface area contributed by atoms with Gasteiger partial charge < -0.3 is 15.5 Å². The topological polar surface area (TPSA) is 79.7 Å². The zero-order valence-electron chi connectivity index (χ0n) is 13.5. The highest BCUT2D eigenvalue weighted by Gasteiger charge is 2.16. The third-order valence-electron chi connectivity index (χ3n) is 3.34. The summed E-state index contributed by atoms with van der Waals surface area (Å²) in [6.07, 6.45) is 4.27. The van der Waals surface area contributed by atoms with Gasteiger partial charge in [-0.15, -0.1) is 24.0 Å². The van der Waals surface area contributed by atoms with Gasteiger partial charge in [-0.2, -0.15) is 0 Å². The summed E-state index contributed by atoms with van der Waals surface area (Å²) in [5.41, 5.74) is 6.94. The SMILES string of the molecule is CN(C)C(CN=C(N)NCCc1ccccn1)c1ccco1.I. The van der Waals surface area contributed by atoms with Gasteiger partial charge in [0, 0.05) is 24.9 Å². The van der Waals surface area contributed by atoms with Gasteiger partial charge in [-0.3, -0.25) is 14.9 Å². The number of furan rings is 1. The van der Waals surface area contributed by atoms with Crippen molar-refractivity contribution in [2.45, 2.75) is 12.5 Å². The molecule has 0 bridgehead atoms. The summed E-state index contributed by atoms with van der Waals surface area (Å²) in [4.78, 5) is 10.7. The summed E-state index contributed by atoms with van der Waals surface area (Å²) in [6.45, 7) is 1.25. The van der Waals surface area contributed by atoms with Crippen LogP contribution < -0.4 is 11.1 Å². The zero-order chi connectivity index (χ0) is 15.8. The first kappa shape index (κ1) is 19.4. The van der Waals surface area contributed by atoms with Crippen LogP contribution in [0.15, 0.2) is 52.2 Å². The van der Waals surface area contributed by atoms with Crippen LogP contribution in [0.1, 0.15) is 17.5 Å². The fourth-order valence-electron chi connectivity index (χ4n) is 2.09. The van der Waals surface area contributed by atoms with Gasteiger partial charge in [0.15, 0.2) is 5.96 Å². The van der Waals surface area contributed by atoms with Crippen molar-refractivity contribution in [3.05, 3.63) is 54.2 Å². The minimum Gasteiger partial charge on any atom is -0.468 e. The molecule has 0 aliphatic carbocycles. The molecule has 0 saturated carbocycles. The Morgan fingerprint density at radius 1 is 1.35 bits per heavy atom. The van der Waals surface area contributed by atoms with E-state index in [4.69, 9.17) is 10.2 Å². The van der Waals surface area contributed by atoms with Crippen molar-refractivity contribution in [1.82, 2.24) is 15.2 Å². The van der Waals surface area contributed by atoms with Gasteiger partial charge in [0.1, 0.15) is 5.76 Å². The second-order valence-corrected chi connectivity index (χ2v) is 5.22. The normalized spacial score (nSPS) is 12.7. The van der Waals surface area contributed by atoms with Gasteiger partial charge in [0.2, 0.25) is 0 Å². The molecule has 0 saturated heterocycles. The lowest BCUT2D eigenvalue weighted by atomic mass is 10.2. The second kappa shape index (κ2) is 10.2. The van der Waals surface area contributed by atoms with Crippen LogP contribution in [0.3, 0.4) is 0 Å². The van der Waals surface area contributed by atoms with E-state index in [1.807, 2.05) is 44.4 Å². The molecule has 2 heterocycles. The molecule has 0 spiro atoms. The minimum absolute atomic E-state index is 0. The van der Waals surface area contributed by atoms with E-state index in [1.165, 1.54) is 0 Å². The molecular weight excluding hydrogens is 405 g/mol. The van der Waals surface area contributed by atoms with Crippen LogP contribution in [-0.2, 0) is 6.42 Å². The maximum absolute atomic E-state index is 5.91. The first-order valence-corrected chi connectivity index (χ1v) is 7.30. The monoisotopic (exact) mass is 429 g/mol. The third kappa shape index (κ3) is 6.57. The van der Waals surface area contributed by atoms with Gasteiger partial charge in [-0.25, -0.2) is 0 Å². The van der Waals surface area contributed by atoms with E-state index >= 15 is 0 Å². The Kier molecular flexibility index (Phi) is 8.64. The number of nitrogens with one attached hydrogen (secondary N) is 1. The summed E-state index contributed by atoms with van der Waals surface area (Å²) < 4.78 is 5.45. The van der Waals surface area contributed by atoms with Crippen LogP contribution >= 0.6 is 24.0 Å². The predicted octanol–water partition coefficient (Wildman–Crippen LogP) is 2.04. The van der Waals surface area contributed by atoms with Crippen molar-refractivity contribution in [2.24, 2.45) is 10.7 Å². The molecule has 6 nitrogen and oxygen atoms in total. The van der Waals surface area contributed by atoms with Crippen LogP contribution in [0.4, 0.5) is 0 Å². The van der Waals surface area contributed by atoms with Gasteiger partial charge >= 0.3 is 0 Å². The number of guanidine groups is 1. The lowest BCUT2D eigenvalue weighted by molar-refractivity contribution is 0.265. The summed E-state index contributed by atoms with van der Waals surface area (Å²) in [6, 6.07) is 9.78. The number of nitrogens with zero attached hydrogens (tertiary/aromatic N) is 3. The fourth-order valence-corrected chi connectivity index (χ4v) is 2.09. The number of pyridine rings is 1. The quantitative estimate of drug-likeness (QED) is 0.400. The van der Waals surface area contributed by atoms with Crippen LogP contribution in [0.2, 0.25) is 0 Å². The second-order valence-electron chi connectivity index (χ2n) is 5.22. The van der Waals surface area contributed by atoms with Gasteiger partial charge in [0.05, 0.1) is 18.8 Å². The van der Waals surface area contributed by atoms with E-state index in [2.05, 4.69) is 20.2 Å². The number of hydrogen-bond donors (Lipinski definition) is 2. The number of halogens is 1. The Balaban J connectivity index is 0.00000264. The average Bonchev–Trinajstić information content (AvgIpc) is 3.02. The number of rotatable bonds is 7. The van der Waals surface area contributed by atoms with E-state index in [-0.39, 0.29) is 30.0 Å². The van der Waals surface area contributed by atoms with E-state index < -0.39 is 0 Å². The molecule has 0 radical (unpaired) electrons. The molecule has 0 aliphatic heterocycles. The molecule has 1 atom stereocenters. The predicted molar refractivity (Wildman–Crippen MR) is 103 cm³/mol. The lowest BCUT2D eigenvalue weighted by Crippen LogP contribution is -2.34. The molecule has 0 amide bonds. The Morgan fingerprint density at radius 2 is 2.17 bits per heavy atom. The van der Waals surface area contributed by atoms with Crippen molar-refractivity contribution in [3.8, 4) is 0 Å². The van der Waals surface area contributed by atoms with Gasteiger partial charge in [0.25, 0.3) is 0 Å². The Morgan fingerprint density at radius 3 is 2.78 bits per heavy atom. The number of nitrogens with two attached hydrogens (primary N) is 1. The molecule has 2 aromatic rings.